The maximum absolute atomic E-state index is 12.8. The van der Waals surface area contributed by atoms with E-state index in [1.54, 1.807) is 0 Å². The predicted octanol–water partition coefficient (Wildman–Crippen LogP) is 4.22. The van der Waals surface area contributed by atoms with Gasteiger partial charge < -0.3 is 10.1 Å². The zero-order chi connectivity index (χ0) is 15.4. The normalized spacial score (nSPS) is 13.3. The number of carbonyl (C=O) groups is 1. The molecule has 1 N–H and O–H groups in total. The lowest BCUT2D eigenvalue weighted by molar-refractivity contribution is 0.102. The third-order valence-electron chi connectivity index (χ3n) is 4.05. The monoisotopic (exact) mass is 295 g/mol. The van der Waals surface area contributed by atoms with Crippen molar-refractivity contribution in [1.82, 2.24) is 0 Å². The van der Waals surface area contributed by atoms with E-state index in [1.165, 1.54) is 12.0 Å². The van der Waals surface area contributed by atoms with Crippen LogP contribution >= 0.6 is 0 Å². The summed E-state index contributed by atoms with van der Waals surface area (Å²) in [5, 5.41) is 2.99. The zero-order valence-electron chi connectivity index (χ0n) is 12.9. The number of hydrogen-bond acceptors (Lipinski definition) is 2. The Hall–Kier alpha value is -2.29. The van der Waals surface area contributed by atoms with E-state index in [9.17, 15) is 4.79 Å². The first kappa shape index (κ1) is 14.6. The first-order valence-electron chi connectivity index (χ1n) is 7.93. The average molecular weight is 295 g/mol. The predicted molar refractivity (Wildman–Crippen MR) is 88.6 cm³/mol. The molecule has 3 nitrogen and oxygen atoms in total. The molecule has 0 unspecified atom stereocenters. The Morgan fingerprint density at radius 1 is 1.09 bits per heavy atom. The summed E-state index contributed by atoms with van der Waals surface area (Å²) in [6.07, 6.45) is 4.33. The highest BCUT2D eigenvalue weighted by Gasteiger charge is 2.22. The van der Waals surface area contributed by atoms with Gasteiger partial charge in [-0.25, -0.2) is 0 Å². The van der Waals surface area contributed by atoms with Crippen molar-refractivity contribution in [3.8, 4) is 5.75 Å². The molecule has 0 bridgehead atoms. The highest BCUT2D eigenvalue weighted by atomic mass is 16.5. The highest BCUT2D eigenvalue weighted by Crippen LogP contribution is 2.32. The van der Waals surface area contributed by atoms with Crippen LogP contribution in [-0.2, 0) is 12.8 Å². The van der Waals surface area contributed by atoms with Crippen LogP contribution < -0.4 is 10.1 Å². The summed E-state index contributed by atoms with van der Waals surface area (Å²) in [6.45, 7) is 2.50. The molecule has 3 rings (SSSR count). The number of amides is 1. The summed E-state index contributed by atoms with van der Waals surface area (Å²) in [6, 6.07) is 13.6. The molecule has 0 radical (unpaired) electrons. The van der Waals surface area contributed by atoms with E-state index >= 15 is 0 Å². The topological polar surface area (TPSA) is 38.3 Å². The molecule has 0 aliphatic heterocycles. The summed E-state index contributed by atoms with van der Waals surface area (Å²) in [5.41, 5.74) is 3.96. The molecule has 0 saturated heterocycles. The van der Waals surface area contributed by atoms with E-state index in [0.29, 0.717) is 17.9 Å². The van der Waals surface area contributed by atoms with E-state index in [2.05, 4.69) is 11.4 Å². The van der Waals surface area contributed by atoms with Gasteiger partial charge in [0.25, 0.3) is 5.91 Å². The highest BCUT2D eigenvalue weighted by molar-refractivity contribution is 6.07. The fraction of sp³-hybridized carbons (Fsp3) is 0.316. The first-order valence-corrected chi connectivity index (χ1v) is 7.93. The van der Waals surface area contributed by atoms with E-state index in [-0.39, 0.29) is 5.91 Å². The van der Waals surface area contributed by atoms with Gasteiger partial charge >= 0.3 is 0 Å². The first-order chi connectivity index (χ1) is 10.8. The second-order valence-corrected chi connectivity index (χ2v) is 5.54. The Morgan fingerprint density at radius 3 is 2.64 bits per heavy atom. The van der Waals surface area contributed by atoms with Crippen LogP contribution in [-0.4, -0.2) is 12.5 Å². The quantitative estimate of drug-likeness (QED) is 0.917. The molecule has 2 aromatic rings. The molecule has 3 heteroatoms. The molecule has 1 amide bonds. The summed E-state index contributed by atoms with van der Waals surface area (Å²) >= 11 is 0. The van der Waals surface area contributed by atoms with Crippen molar-refractivity contribution in [2.24, 2.45) is 0 Å². The van der Waals surface area contributed by atoms with Gasteiger partial charge in [0, 0.05) is 5.69 Å². The number of carbonyl (C=O) groups excluding carboxylic acids is 1. The van der Waals surface area contributed by atoms with Crippen molar-refractivity contribution in [1.29, 1.82) is 0 Å². The second kappa shape index (κ2) is 6.65. The van der Waals surface area contributed by atoms with Crippen LogP contribution in [0.3, 0.4) is 0 Å². The van der Waals surface area contributed by atoms with Gasteiger partial charge in [-0.1, -0.05) is 24.3 Å². The number of benzene rings is 2. The average Bonchev–Trinajstić information content (AvgIpc) is 2.55. The minimum Gasteiger partial charge on any atom is -0.493 e. The van der Waals surface area contributed by atoms with E-state index in [1.807, 2.05) is 43.3 Å². The van der Waals surface area contributed by atoms with Crippen LogP contribution in [0.25, 0.3) is 0 Å². The number of nitrogens with one attached hydrogen (secondary N) is 1. The van der Waals surface area contributed by atoms with Crippen LogP contribution in [0.15, 0.2) is 42.5 Å². The molecule has 0 atom stereocenters. The Balaban J connectivity index is 1.97. The number of hydrogen-bond donors (Lipinski definition) is 1. The molecular weight excluding hydrogens is 274 g/mol. The molecule has 0 spiro atoms. The molecule has 0 fully saturated rings. The summed E-state index contributed by atoms with van der Waals surface area (Å²) in [5.74, 6) is 0.616. The largest absolute Gasteiger partial charge is 0.493 e. The number of ether oxygens (including phenoxy) is 1. The number of rotatable bonds is 4. The Labute approximate surface area is 131 Å². The molecule has 114 valence electrons. The van der Waals surface area contributed by atoms with Crippen molar-refractivity contribution in [2.75, 3.05) is 11.9 Å². The van der Waals surface area contributed by atoms with Gasteiger partial charge in [-0.15, -0.1) is 0 Å². The van der Waals surface area contributed by atoms with Crippen molar-refractivity contribution in [3.05, 3.63) is 59.2 Å². The molecule has 1 aliphatic rings. The Morgan fingerprint density at radius 2 is 1.86 bits per heavy atom. The lowest BCUT2D eigenvalue weighted by Crippen LogP contribution is -2.19. The third-order valence-corrected chi connectivity index (χ3v) is 4.05. The molecule has 22 heavy (non-hydrogen) atoms. The van der Waals surface area contributed by atoms with Gasteiger partial charge in [0.2, 0.25) is 0 Å². The standard InChI is InChI=1S/C19H21NO2/c1-2-22-17-13-12-14-8-6-7-11-16(14)18(17)19(21)20-15-9-4-3-5-10-15/h3-5,9-10,12-13H,2,6-8,11H2,1H3,(H,20,21). The lowest BCUT2D eigenvalue weighted by atomic mass is 9.87. The van der Waals surface area contributed by atoms with E-state index in [0.717, 1.165) is 30.5 Å². The van der Waals surface area contributed by atoms with Gasteiger partial charge in [-0.2, -0.15) is 0 Å². The summed E-state index contributed by atoms with van der Waals surface area (Å²) in [4.78, 5) is 12.8. The van der Waals surface area contributed by atoms with Crippen molar-refractivity contribution >= 4 is 11.6 Å². The molecule has 1 aliphatic carbocycles. The van der Waals surface area contributed by atoms with E-state index in [4.69, 9.17) is 4.74 Å². The SMILES string of the molecule is CCOc1ccc2c(c1C(=O)Nc1ccccc1)CCCC2. The molecule has 2 aromatic carbocycles. The van der Waals surface area contributed by atoms with Crippen molar-refractivity contribution in [2.45, 2.75) is 32.6 Å². The van der Waals surface area contributed by atoms with Crippen LogP contribution in [0.1, 0.15) is 41.3 Å². The number of aryl methyl sites for hydroxylation is 1. The van der Waals surface area contributed by atoms with E-state index < -0.39 is 0 Å². The van der Waals surface area contributed by atoms with Gasteiger partial charge in [0.1, 0.15) is 5.75 Å². The van der Waals surface area contributed by atoms with Gasteiger partial charge in [-0.3, -0.25) is 4.79 Å². The van der Waals surface area contributed by atoms with Crippen molar-refractivity contribution < 1.29 is 9.53 Å². The maximum Gasteiger partial charge on any atom is 0.259 e. The molecule has 0 saturated carbocycles. The smallest absolute Gasteiger partial charge is 0.259 e. The van der Waals surface area contributed by atoms with Crippen LogP contribution in [0.2, 0.25) is 0 Å². The van der Waals surface area contributed by atoms with Gasteiger partial charge in [-0.05, 0) is 61.9 Å². The third kappa shape index (κ3) is 2.98. The fourth-order valence-corrected chi connectivity index (χ4v) is 3.05. The number of fused-ring (bicyclic) bond motifs is 1. The minimum absolute atomic E-state index is 0.0756. The van der Waals surface area contributed by atoms with Crippen molar-refractivity contribution in [3.63, 3.8) is 0 Å². The molecular formula is C19H21NO2. The van der Waals surface area contributed by atoms with Gasteiger partial charge in [0.05, 0.1) is 12.2 Å². The fourth-order valence-electron chi connectivity index (χ4n) is 3.05. The lowest BCUT2D eigenvalue weighted by Gasteiger charge is -2.21. The summed E-state index contributed by atoms with van der Waals surface area (Å²) in [7, 11) is 0. The molecule has 0 heterocycles. The minimum atomic E-state index is -0.0756. The molecule has 0 aromatic heterocycles. The Kier molecular flexibility index (Phi) is 4.42. The second-order valence-electron chi connectivity index (χ2n) is 5.54. The summed E-state index contributed by atoms with van der Waals surface area (Å²) < 4.78 is 5.70. The van der Waals surface area contributed by atoms with Crippen LogP contribution in [0.4, 0.5) is 5.69 Å². The van der Waals surface area contributed by atoms with Crippen LogP contribution in [0, 0.1) is 0 Å². The zero-order valence-corrected chi connectivity index (χ0v) is 12.9. The van der Waals surface area contributed by atoms with Gasteiger partial charge in [0.15, 0.2) is 0 Å². The number of para-hydroxylation sites is 1. The number of anilines is 1. The van der Waals surface area contributed by atoms with Crippen LogP contribution in [0.5, 0.6) is 5.75 Å². The Bertz CT molecular complexity index is 665. The maximum atomic E-state index is 12.8.